The van der Waals surface area contributed by atoms with Gasteiger partial charge in [-0.15, -0.1) is 0 Å². The first-order chi connectivity index (χ1) is 12.8. The Kier molecular flexibility index (Phi) is 8.34. The molecule has 2 N–H and O–H groups in total. The molecule has 1 aliphatic heterocycles. The zero-order valence-electron chi connectivity index (χ0n) is 16.9. The van der Waals surface area contributed by atoms with Gasteiger partial charge in [0.15, 0.2) is 5.96 Å². The van der Waals surface area contributed by atoms with Gasteiger partial charge in [-0.05, 0) is 31.6 Å². The summed E-state index contributed by atoms with van der Waals surface area (Å²) in [7, 11) is 0.229. The molecule has 1 amide bonds. The molecule has 9 heteroatoms. The number of carbonyl (C=O) groups is 1. The third-order valence-electron chi connectivity index (χ3n) is 5.41. The van der Waals surface area contributed by atoms with Gasteiger partial charge in [0.25, 0.3) is 0 Å². The van der Waals surface area contributed by atoms with Gasteiger partial charge >= 0.3 is 0 Å². The van der Waals surface area contributed by atoms with E-state index in [1.165, 1.54) is 43.3 Å². The first-order valence-corrected chi connectivity index (χ1v) is 11.8. The highest BCUT2D eigenvalue weighted by molar-refractivity contribution is 7.88. The zero-order chi connectivity index (χ0) is 19.9. The average Bonchev–Trinajstić information content (AvgIpc) is 3.10. The third-order valence-corrected chi connectivity index (χ3v) is 6.74. The van der Waals surface area contributed by atoms with E-state index in [0.29, 0.717) is 25.0 Å². The first kappa shape index (κ1) is 21.9. The van der Waals surface area contributed by atoms with Crippen LogP contribution in [0.25, 0.3) is 0 Å². The molecule has 2 aliphatic rings. The van der Waals surface area contributed by atoms with E-state index in [9.17, 15) is 13.2 Å². The van der Waals surface area contributed by atoms with Crippen LogP contribution in [0.3, 0.4) is 0 Å². The molecule has 0 unspecified atom stereocenters. The van der Waals surface area contributed by atoms with Crippen molar-refractivity contribution in [3.63, 3.8) is 0 Å². The van der Waals surface area contributed by atoms with Crippen molar-refractivity contribution in [3.05, 3.63) is 0 Å². The molecule has 156 valence electrons. The Morgan fingerprint density at radius 1 is 1.07 bits per heavy atom. The van der Waals surface area contributed by atoms with E-state index < -0.39 is 10.0 Å². The molecule has 2 fully saturated rings. The van der Waals surface area contributed by atoms with Crippen LogP contribution in [0.15, 0.2) is 4.99 Å². The second kappa shape index (κ2) is 10.3. The van der Waals surface area contributed by atoms with Crippen LogP contribution in [-0.2, 0) is 14.8 Å². The maximum absolute atomic E-state index is 11.9. The van der Waals surface area contributed by atoms with Crippen LogP contribution in [0, 0.1) is 5.92 Å². The Balaban J connectivity index is 1.93. The fourth-order valence-corrected chi connectivity index (χ4v) is 4.94. The van der Waals surface area contributed by atoms with Crippen molar-refractivity contribution in [1.29, 1.82) is 0 Å². The van der Waals surface area contributed by atoms with Crippen molar-refractivity contribution < 1.29 is 13.2 Å². The fraction of sp³-hybridized carbons (Fsp3) is 0.889. The smallest absolute Gasteiger partial charge is 0.243 e. The number of aliphatic imine (C=N–C) groups is 1. The van der Waals surface area contributed by atoms with Gasteiger partial charge < -0.3 is 15.5 Å². The molecule has 1 heterocycles. The quantitative estimate of drug-likeness (QED) is 0.482. The molecule has 1 aliphatic carbocycles. The van der Waals surface area contributed by atoms with E-state index in [0.717, 1.165) is 19.4 Å². The molecule has 0 radical (unpaired) electrons. The van der Waals surface area contributed by atoms with Crippen LogP contribution >= 0.6 is 0 Å². The Labute approximate surface area is 163 Å². The lowest BCUT2D eigenvalue weighted by Gasteiger charge is -2.25. The molecule has 0 spiro atoms. The number of rotatable bonds is 7. The Morgan fingerprint density at radius 2 is 1.74 bits per heavy atom. The minimum atomic E-state index is -3.19. The van der Waals surface area contributed by atoms with Gasteiger partial charge in [-0.2, -0.15) is 4.31 Å². The standard InChI is InChI=1S/C18H35N5O3S/c1-22(2)17(24)14-21-18(19-12-15-8-5-4-6-9-15)20-13-16-10-7-11-23(16)27(3,25)26/h15-16H,4-14H2,1-3H3,(H2,19,20,21)/t16-/m1/s1. The van der Waals surface area contributed by atoms with Gasteiger partial charge in [0.1, 0.15) is 6.54 Å². The Hall–Kier alpha value is -1.35. The van der Waals surface area contributed by atoms with Gasteiger partial charge in [-0.25, -0.2) is 13.4 Å². The highest BCUT2D eigenvalue weighted by Crippen LogP contribution is 2.23. The summed E-state index contributed by atoms with van der Waals surface area (Å²) in [5, 5.41) is 6.62. The average molecular weight is 402 g/mol. The minimum absolute atomic E-state index is 0.0626. The molecular weight excluding hydrogens is 366 g/mol. The van der Waals surface area contributed by atoms with Crippen molar-refractivity contribution in [2.24, 2.45) is 10.9 Å². The fourth-order valence-electron chi connectivity index (χ4n) is 3.76. The van der Waals surface area contributed by atoms with E-state index in [4.69, 9.17) is 0 Å². The van der Waals surface area contributed by atoms with Crippen molar-refractivity contribution in [1.82, 2.24) is 19.8 Å². The monoisotopic (exact) mass is 401 g/mol. The second-order valence-corrected chi connectivity index (χ2v) is 9.82. The number of guanidine groups is 1. The van der Waals surface area contributed by atoms with E-state index >= 15 is 0 Å². The Morgan fingerprint density at radius 3 is 2.37 bits per heavy atom. The Bertz CT molecular complexity index is 614. The number of carbonyl (C=O) groups excluding carboxylic acids is 1. The molecule has 1 saturated carbocycles. The summed E-state index contributed by atoms with van der Waals surface area (Å²) in [5.74, 6) is 1.16. The van der Waals surface area contributed by atoms with E-state index in [1.54, 1.807) is 18.4 Å². The number of hydrogen-bond donors (Lipinski definition) is 2. The largest absolute Gasteiger partial charge is 0.356 e. The van der Waals surface area contributed by atoms with Gasteiger partial charge in [0.2, 0.25) is 15.9 Å². The van der Waals surface area contributed by atoms with Crippen LogP contribution in [0.2, 0.25) is 0 Å². The SMILES string of the molecule is CN(C)C(=O)CN=C(NCC1CCCCC1)NC[C@H]1CCCN1S(C)(=O)=O. The van der Waals surface area contributed by atoms with E-state index in [2.05, 4.69) is 15.6 Å². The van der Waals surface area contributed by atoms with E-state index in [1.807, 2.05) is 0 Å². The molecule has 8 nitrogen and oxygen atoms in total. The second-order valence-electron chi connectivity index (χ2n) is 7.89. The highest BCUT2D eigenvalue weighted by atomic mass is 32.2. The van der Waals surface area contributed by atoms with Crippen molar-refractivity contribution in [2.75, 3.05) is 46.5 Å². The minimum Gasteiger partial charge on any atom is -0.356 e. The predicted molar refractivity (Wildman–Crippen MR) is 108 cm³/mol. The lowest BCUT2D eigenvalue weighted by molar-refractivity contribution is -0.127. The molecule has 0 aromatic rings. The molecule has 0 aromatic heterocycles. The van der Waals surface area contributed by atoms with Gasteiger partial charge in [-0.3, -0.25) is 4.79 Å². The molecular formula is C18H35N5O3S. The summed E-state index contributed by atoms with van der Waals surface area (Å²) in [4.78, 5) is 17.8. The number of likely N-dealkylation sites (N-methyl/N-ethyl adjacent to an activating group) is 1. The lowest BCUT2D eigenvalue weighted by atomic mass is 9.89. The molecule has 0 aromatic carbocycles. The lowest BCUT2D eigenvalue weighted by Crippen LogP contribution is -2.47. The third kappa shape index (κ3) is 7.29. The molecule has 0 bridgehead atoms. The number of nitrogens with zero attached hydrogens (tertiary/aromatic N) is 3. The van der Waals surface area contributed by atoms with Crippen molar-refractivity contribution >= 4 is 21.9 Å². The number of amides is 1. The summed E-state index contributed by atoms with van der Waals surface area (Å²) in [5.41, 5.74) is 0. The summed E-state index contributed by atoms with van der Waals surface area (Å²) in [6, 6.07) is -0.0637. The number of nitrogens with one attached hydrogen (secondary N) is 2. The summed E-state index contributed by atoms with van der Waals surface area (Å²) in [6.07, 6.45) is 9.29. The maximum atomic E-state index is 11.9. The summed E-state index contributed by atoms with van der Waals surface area (Å²) >= 11 is 0. The van der Waals surface area contributed by atoms with Gasteiger partial charge in [0.05, 0.1) is 6.26 Å². The molecule has 2 rings (SSSR count). The van der Waals surface area contributed by atoms with Crippen LogP contribution in [-0.4, -0.2) is 82.1 Å². The topological polar surface area (TPSA) is 94.1 Å². The molecule has 1 atom stereocenters. The van der Waals surface area contributed by atoms with Gasteiger partial charge in [0, 0.05) is 39.8 Å². The van der Waals surface area contributed by atoms with Crippen LogP contribution < -0.4 is 10.6 Å². The van der Waals surface area contributed by atoms with Crippen LogP contribution in [0.4, 0.5) is 0 Å². The van der Waals surface area contributed by atoms with Crippen LogP contribution in [0.1, 0.15) is 44.9 Å². The van der Waals surface area contributed by atoms with Crippen molar-refractivity contribution in [3.8, 4) is 0 Å². The molecule has 1 saturated heterocycles. The summed E-state index contributed by atoms with van der Waals surface area (Å²) < 4.78 is 25.4. The number of hydrogen-bond acceptors (Lipinski definition) is 4. The normalized spacial score (nSPS) is 22.6. The van der Waals surface area contributed by atoms with Crippen molar-refractivity contribution in [2.45, 2.75) is 51.0 Å². The molecule has 27 heavy (non-hydrogen) atoms. The van der Waals surface area contributed by atoms with Crippen LogP contribution in [0.5, 0.6) is 0 Å². The zero-order valence-corrected chi connectivity index (χ0v) is 17.7. The number of sulfonamides is 1. The first-order valence-electron chi connectivity index (χ1n) is 9.96. The van der Waals surface area contributed by atoms with Gasteiger partial charge in [-0.1, -0.05) is 19.3 Å². The van der Waals surface area contributed by atoms with E-state index in [-0.39, 0.29) is 18.5 Å². The predicted octanol–water partition coefficient (Wildman–Crippen LogP) is 0.614. The maximum Gasteiger partial charge on any atom is 0.243 e. The highest BCUT2D eigenvalue weighted by Gasteiger charge is 2.31. The summed E-state index contributed by atoms with van der Waals surface area (Å²) in [6.45, 7) is 1.99.